The molecule has 8 heteroatoms. The molecule has 2 aromatic carbocycles. The average molecular weight is 416 g/mol. The predicted molar refractivity (Wildman–Crippen MR) is 89.2 cm³/mol. The van der Waals surface area contributed by atoms with Crippen molar-refractivity contribution in [2.45, 2.75) is 13.3 Å². The quantitative estimate of drug-likeness (QED) is 0.558. The van der Waals surface area contributed by atoms with E-state index < -0.39 is 35.7 Å². The molecule has 4 nitrogen and oxygen atoms in total. The van der Waals surface area contributed by atoms with Crippen LogP contribution in [0, 0.1) is 17.5 Å². The first-order valence-electron chi connectivity index (χ1n) is 7.22. The van der Waals surface area contributed by atoms with Gasteiger partial charge in [0.1, 0.15) is 5.75 Å². The van der Waals surface area contributed by atoms with E-state index in [4.69, 9.17) is 4.74 Å². The number of Topliss-reactive ketones (excluding diaryl/α,β-unsaturated/α-hetero) is 1. The Labute approximate surface area is 150 Å². The van der Waals surface area contributed by atoms with Crippen molar-refractivity contribution in [1.29, 1.82) is 0 Å². The highest BCUT2D eigenvalue weighted by Crippen LogP contribution is 2.25. The Morgan fingerprint density at radius 3 is 2.52 bits per heavy atom. The van der Waals surface area contributed by atoms with E-state index in [1.54, 1.807) is 19.1 Å². The fourth-order valence-electron chi connectivity index (χ4n) is 1.99. The minimum atomic E-state index is -1.68. The molecule has 0 aliphatic rings. The SMILES string of the molecule is CCC(=O)c1cc(Br)ccc1OCC(=O)Nc1ccc(F)c(F)c1F. The first-order valence-corrected chi connectivity index (χ1v) is 8.01. The smallest absolute Gasteiger partial charge is 0.262 e. The Bertz CT molecular complexity index is 827. The van der Waals surface area contributed by atoms with E-state index in [-0.39, 0.29) is 18.0 Å². The second kappa shape index (κ2) is 8.15. The molecule has 0 saturated heterocycles. The Balaban J connectivity index is 2.08. The van der Waals surface area contributed by atoms with Gasteiger partial charge in [-0.05, 0) is 30.3 Å². The number of amides is 1. The van der Waals surface area contributed by atoms with Crippen molar-refractivity contribution >= 4 is 33.3 Å². The number of hydrogen-bond acceptors (Lipinski definition) is 3. The molecule has 0 spiro atoms. The zero-order valence-corrected chi connectivity index (χ0v) is 14.6. The zero-order valence-electron chi connectivity index (χ0n) is 13.0. The molecule has 25 heavy (non-hydrogen) atoms. The minimum absolute atomic E-state index is 0.177. The second-order valence-corrected chi connectivity index (χ2v) is 5.89. The van der Waals surface area contributed by atoms with Crippen molar-refractivity contribution in [3.8, 4) is 5.75 Å². The molecule has 1 N–H and O–H groups in total. The molecule has 0 aliphatic heterocycles. The number of anilines is 1. The van der Waals surface area contributed by atoms with Gasteiger partial charge in [0.25, 0.3) is 5.91 Å². The fraction of sp³-hybridized carbons (Fsp3) is 0.176. The zero-order chi connectivity index (χ0) is 18.6. The average Bonchev–Trinajstić information content (AvgIpc) is 2.60. The third kappa shape index (κ3) is 4.60. The summed E-state index contributed by atoms with van der Waals surface area (Å²) < 4.78 is 45.5. The first kappa shape index (κ1) is 19.0. The van der Waals surface area contributed by atoms with Crippen LogP contribution >= 0.6 is 15.9 Å². The van der Waals surface area contributed by atoms with Gasteiger partial charge in [0.15, 0.2) is 29.8 Å². The number of halogens is 4. The van der Waals surface area contributed by atoms with Crippen LogP contribution in [-0.4, -0.2) is 18.3 Å². The maximum Gasteiger partial charge on any atom is 0.262 e. The molecule has 0 bridgehead atoms. The lowest BCUT2D eigenvalue weighted by molar-refractivity contribution is -0.118. The Hall–Kier alpha value is -2.35. The highest BCUT2D eigenvalue weighted by atomic mass is 79.9. The monoisotopic (exact) mass is 415 g/mol. The summed E-state index contributed by atoms with van der Waals surface area (Å²) >= 11 is 3.24. The van der Waals surface area contributed by atoms with Crippen molar-refractivity contribution in [3.05, 3.63) is 57.8 Å². The van der Waals surface area contributed by atoms with Gasteiger partial charge in [-0.1, -0.05) is 22.9 Å². The Morgan fingerprint density at radius 1 is 1.12 bits per heavy atom. The minimum Gasteiger partial charge on any atom is -0.483 e. The van der Waals surface area contributed by atoms with Crippen molar-refractivity contribution in [1.82, 2.24) is 0 Å². The van der Waals surface area contributed by atoms with E-state index >= 15 is 0 Å². The molecule has 2 rings (SSSR count). The summed E-state index contributed by atoms with van der Waals surface area (Å²) in [4.78, 5) is 23.7. The largest absolute Gasteiger partial charge is 0.483 e. The van der Waals surface area contributed by atoms with Crippen LogP contribution < -0.4 is 10.1 Å². The number of ketones is 1. The van der Waals surface area contributed by atoms with Crippen LogP contribution in [0.1, 0.15) is 23.7 Å². The number of rotatable bonds is 6. The lowest BCUT2D eigenvalue weighted by atomic mass is 10.1. The molecule has 0 heterocycles. The summed E-state index contributed by atoms with van der Waals surface area (Å²) in [5.74, 6) is -5.31. The molecular formula is C17H13BrF3NO3. The summed E-state index contributed by atoms with van der Waals surface area (Å²) in [5.41, 5.74) is -0.211. The number of ether oxygens (including phenoxy) is 1. The molecule has 2 aromatic rings. The molecule has 0 aliphatic carbocycles. The molecule has 132 valence electrons. The van der Waals surface area contributed by atoms with Crippen LogP contribution in [0.3, 0.4) is 0 Å². The lowest BCUT2D eigenvalue weighted by Crippen LogP contribution is -2.21. The van der Waals surface area contributed by atoms with Gasteiger partial charge in [0, 0.05) is 10.9 Å². The van der Waals surface area contributed by atoms with E-state index in [2.05, 4.69) is 21.2 Å². The van der Waals surface area contributed by atoms with Gasteiger partial charge in [-0.2, -0.15) is 0 Å². The second-order valence-electron chi connectivity index (χ2n) is 4.98. The topological polar surface area (TPSA) is 55.4 Å². The van der Waals surface area contributed by atoms with E-state index in [1.807, 2.05) is 0 Å². The maximum atomic E-state index is 13.5. The number of carbonyl (C=O) groups excluding carboxylic acids is 2. The summed E-state index contributed by atoms with van der Waals surface area (Å²) in [7, 11) is 0. The van der Waals surface area contributed by atoms with Crippen LogP contribution in [-0.2, 0) is 4.79 Å². The van der Waals surface area contributed by atoms with Crippen molar-refractivity contribution in [2.75, 3.05) is 11.9 Å². The standard InChI is InChI=1S/C17H13BrF3NO3/c1-2-13(23)10-7-9(18)3-6-14(10)25-8-15(24)22-12-5-4-11(19)16(20)17(12)21/h3-7H,2,8H2,1H3,(H,22,24). The molecule has 0 saturated carbocycles. The Kier molecular flexibility index (Phi) is 6.19. The summed E-state index contributed by atoms with van der Waals surface area (Å²) in [6, 6.07) is 6.31. The third-order valence-corrected chi connectivity index (χ3v) is 3.72. The highest BCUT2D eigenvalue weighted by Gasteiger charge is 2.17. The molecule has 0 unspecified atom stereocenters. The van der Waals surface area contributed by atoms with Gasteiger partial charge >= 0.3 is 0 Å². The number of hydrogen-bond donors (Lipinski definition) is 1. The van der Waals surface area contributed by atoms with Crippen LogP contribution in [0.25, 0.3) is 0 Å². The highest BCUT2D eigenvalue weighted by molar-refractivity contribution is 9.10. The number of benzene rings is 2. The number of carbonyl (C=O) groups is 2. The summed E-state index contributed by atoms with van der Waals surface area (Å²) in [6.07, 6.45) is 0.249. The molecule has 0 radical (unpaired) electrons. The van der Waals surface area contributed by atoms with Crippen molar-refractivity contribution in [2.24, 2.45) is 0 Å². The van der Waals surface area contributed by atoms with Gasteiger partial charge in [0.2, 0.25) is 0 Å². The van der Waals surface area contributed by atoms with Crippen molar-refractivity contribution in [3.63, 3.8) is 0 Å². The van der Waals surface area contributed by atoms with Crippen LogP contribution in [0.4, 0.5) is 18.9 Å². The van der Waals surface area contributed by atoms with E-state index in [9.17, 15) is 22.8 Å². The van der Waals surface area contributed by atoms with Gasteiger partial charge in [-0.25, -0.2) is 13.2 Å². The van der Waals surface area contributed by atoms with Crippen molar-refractivity contribution < 1.29 is 27.5 Å². The van der Waals surface area contributed by atoms with Crippen LogP contribution in [0.15, 0.2) is 34.8 Å². The normalized spacial score (nSPS) is 10.4. The summed E-state index contributed by atoms with van der Waals surface area (Å²) in [6.45, 7) is 1.15. The van der Waals surface area contributed by atoms with E-state index in [0.717, 1.165) is 6.07 Å². The number of nitrogens with one attached hydrogen (secondary N) is 1. The molecule has 0 atom stereocenters. The summed E-state index contributed by atoms with van der Waals surface area (Å²) in [5, 5.41) is 2.08. The van der Waals surface area contributed by atoms with E-state index in [0.29, 0.717) is 16.1 Å². The molecule has 0 fully saturated rings. The lowest BCUT2D eigenvalue weighted by Gasteiger charge is -2.12. The fourth-order valence-corrected chi connectivity index (χ4v) is 2.35. The van der Waals surface area contributed by atoms with Gasteiger partial charge in [0.05, 0.1) is 11.3 Å². The van der Waals surface area contributed by atoms with Gasteiger partial charge in [-0.15, -0.1) is 0 Å². The van der Waals surface area contributed by atoms with Gasteiger partial charge < -0.3 is 10.1 Å². The molecular weight excluding hydrogens is 403 g/mol. The Morgan fingerprint density at radius 2 is 1.84 bits per heavy atom. The van der Waals surface area contributed by atoms with E-state index in [1.165, 1.54) is 6.07 Å². The third-order valence-electron chi connectivity index (χ3n) is 3.23. The first-order chi connectivity index (χ1) is 11.8. The molecule has 1 amide bonds. The van der Waals surface area contributed by atoms with Crippen LogP contribution in [0.5, 0.6) is 5.75 Å². The molecule has 0 aromatic heterocycles. The predicted octanol–water partition coefficient (Wildman–Crippen LogP) is 4.48. The maximum absolute atomic E-state index is 13.5. The van der Waals surface area contributed by atoms with Crippen LogP contribution in [0.2, 0.25) is 0 Å². The van der Waals surface area contributed by atoms with Gasteiger partial charge in [-0.3, -0.25) is 9.59 Å².